The molecule has 0 heterocycles. The summed E-state index contributed by atoms with van der Waals surface area (Å²) in [4.78, 5) is 0. The highest BCUT2D eigenvalue weighted by molar-refractivity contribution is 7.88. The first-order valence-corrected chi connectivity index (χ1v) is 8.69. The van der Waals surface area contributed by atoms with Crippen LogP contribution in [0.3, 0.4) is 0 Å². The Morgan fingerprint density at radius 1 is 1.00 bits per heavy atom. The van der Waals surface area contributed by atoms with Crippen LogP contribution >= 0.6 is 0 Å². The van der Waals surface area contributed by atoms with E-state index in [1.165, 1.54) is 30.3 Å². The molecule has 0 radical (unpaired) electrons. The van der Waals surface area contributed by atoms with E-state index in [9.17, 15) is 26.0 Å². The Balaban J connectivity index is 2.02. The maximum absolute atomic E-state index is 12.8. The SMILES string of the molecule is O=S(=O)(Cc1ccc(F)cc1)NCC#Cc1ccccc1C(F)(F)F. The van der Waals surface area contributed by atoms with Gasteiger partial charge in [0.15, 0.2) is 0 Å². The molecule has 0 bridgehead atoms. The summed E-state index contributed by atoms with van der Waals surface area (Å²) < 4.78 is 77.1. The third-order valence-corrected chi connectivity index (χ3v) is 4.40. The molecule has 0 aliphatic heterocycles. The van der Waals surface area contributed by atoms with E-state index in [0.717, 1.165) is 18.2 Å². The lowest BCUT2D eigenvalue weighted by Gasteiger charge is -2.08. The minimum absolute atomic E-state index is 0.229. The number of sulfonamides is 1. The van der Waals surface area contributed by atoms with E-state index in [2.05, 4.69) is 16.6 Å². The average molecular weight is 371 g/mol. The molecular formula is C17H13F4NO2S. The van der Waals surface area contributed by atoms with Gasteiger partial charge in [0.25, 0.3) is 0 Å². The fourth-order valence-electron chi connectivity index (χ4n) is 1.98. The molecular weight excluding hydrogens is 358 g/mol. The van der Waals surface area contributed by atoms with Crippen LogP contribution in [0, 0.1) is 17.7 Å². The molecule has 0 atom stereocenters. The molecule has 2 aromatic carbocycles. The number of alkyl halides is 3. The van der Waals surface area contributed by atoms with Gasteiger partial charge in [-0.3, -0.25) is 0 Å². The minimum atomic E-state index is -4.53. The summed E-state index contributed by atoms with van der Waals surface area (Å²) in [5.41, 5.74) is -0.728. The maximum atomic E-state index is 12.8. The molecule has 2 rings (SSSR count). The fourth-order valence-corrected chi connectivity index (χ4v) is 3.00. The van der Waals surface area contributed by atoms with Gasteiger partial charge < -0.3 is 0 Å². The second-order valence-corrected chi connectivity index (χ2v) is 6.86. The summed E-state index contributed by atoms with van der Waals surface area (Å²) in [6.07, 6.45) is -4.53. The van der Waals surface area contributed by atoms with Crippen LogP contribution in [0.4, 0.5) is 17.6 Å². The molecule has 0 unspecified atom stereocenters. The van der Waals surface area contributed by atoms with E-state index in [1.807, 2.05) is 0 Å². The van der Waals surface area contributed by atoms with Crippen LogP contribution in [0.25, 0.3) is 0 Å². The zero-order valence-corrected chi connectivity index (χ0v) is 13.6. The zero-order chi connectivity index (χ0) is 18.5. The molecule has 3 nitrogen and oxygen atoms in total. The van der Waals surface area contributed by atoms with Crippen LogP contribution in [0.1, 0.15) is 16.7 Å². The van der Waals surface area contributed by atoms with Crippen LogP contribution in [-0.4, -0.2) is 15.0 Å². The van der Waals surface area contributed by atoms with E-state index in [4.69, 9.17) is 0 Å². The maximum Gasteiger partial charge on any atom is 0.417 e. The van der Waals surface area contributed by atoms with Gasteiger partial charge in [-0.1, -0.05) is 36.1 Å². The molecule has 25 heavy (non-hydrogen) atoms. The van der Waals surface area contributed by atoms with Gasteiger partial charge in [-0.15, -0.1) is 0 Å². The topological polar surface area (TPSA) is 46.2 Å². The lowest BCUT2D eigenvalue weighted by atomic mass is 10.1. The van der Waals surface area contributed by atoms with Crippen molar-refractivity contribution in [1.29, 1.82) is 0 Å². The van der Waals surface area contributed by atoms with Crippen LogP contribution in [0.2, 0.25) is 0 Å². The van der Waals surface area contributed by atoms with Crippen molar-refractivity contribution in [3.63, 3.8) is 0 Å². The zero-order valence-electron chi connectivity index (χ0n) is 12.8. The molecule has 0 saturated carbocycles. The van der Waals surface area contributed by atoms with Crippen LogP contribution < -0.4 is 4.72 Å². The Kier molecular flexibility index (Phi) is 5.82. The third-order valence-electron chi connectivity index (χ3n) is 3.11. The van der Waals surface area contributed by atoms with Gasteiger partial charge in [0.2, 0.25) is 10.0 Å². The van der Waals surface area contributed by atoms with Gasteiger partial charge in [0.1, 0.15) is 5.82 Å². The number of hydrogen-bond acceptors (Lipinski definition) is 2. The lowest BCUT2D eigenvalue weighted by molar-refractivity contribution is -0.137. The van der Waals surface area contributed by atoms with Gasteiger partial charge in [-0.2, -0.15) is 13.2 Å². The predicted molar refractivity (Wildman–Crippen MR) is 85.3 cm³/mol. The Labute approximate surface area is 142 Å². The Bertz CT molecular complexity index is 895. The highest BCUT2D eigenvalue weighted by atomic mass is 32.2. The highest BCUT2D eigenvalue weighted by Crippen LogP contribution is 2.31. The third kappa shape index (κ3) is 5.89. The number of rotatable bonds is 4. The van der Waals surface area contributed by atoms with Crippen LogP contribution in [0.5, 0.6) is 0 Å². The number of nitrogens with one attached hydrogen (secondary N) is 1. The van der Waals surface area contributed by atoms with Crippen molar-refractivity contribution < 1.29 is 26.0 Å². The largest absolute Gasteiger partial charge is 0.417 e. The van der Waals surface area contributed by atoms with Crippen LogP contribution in [0.15, 0.2) is 48.5 Å². The monoisotopic (exact) mass is 371 g/mol. The highest BCUT2D eigenvalue weighted by Gasteiger charge is 2.32. The van der Waals surface area contributed by atoms with Crippen molar-refractivity contribution in [3.05, 3.63) is 71.0 Å². The van der Waals surface area contributed by atoms with Crippen molar-refractivity contribution in [1.82, 2.24) is 4.72 Å². The molecule has 2 aromatic rings. The van der Waals surface area contributed by atoms with E-state index in [1.54, 1.807) is 0 Å². The molecule has 0 fully saturated rings. The molecule has 0 aliphatic carbocycles. The van der Waals surface area contributed by atoms with E-state index < -0.39 is 27.6 Å². The van der Waals surface area contributed by atoms with E-state index >= 15 is 0 Å². The first-order chi connectivity index (χ1) is 11.7. The minimum Gasteiger partial charge on any atom is -0.212 e. The standard InChI is InChI=1S/C17H13F4NO2S/c18-15-9-7-13(8-10-15)12-25(23,24)22-11-3-5-14-4-1-2-6-16(14)17(19,20)21/h1-2,4,6-10,22H,11-12H2. The normalized spacial score (nSPS) is 11.7. The van der Waals surface area contributed by atoms with Gasteiger partial charge in [-0.25, -0.2) is 17.5 Å². The van der Waals surface area contributed by atoms with Gasteiger partial charge in [0.05, 0.1) is 17.9 Å². The Morgan fingerprint density at radius 3 is 2.28 bits per heavy atom. The summed E-state index contributed by atoms with van der Waals surface area (Å²) in [5, 5.41) is 0. The Morgan fingerprint density at radius 2 is 1.64 bits per heavy atom. The van der Waals surface area contributed by atoms with Crippen molar-refractivity contribution in [3.8, 4) is 11.8 Å². The summed E-state index contributed by atoms with van der Waals surface area (Å²) in [6.45, 7) is -0.338. The first kappa shape index (κ1) is 19.0. The molecule has 8 heteroatoms. The van der Waals surface area contributed by atoms with Crippen molar-refractivity contribution in [2.75, 3.05) is 6.54 Å². The molecule has 0 aliphatic rings. The fraction of sp³-hybridized carbons (Fsp3) is 0.176. The molecule has 0 amide bonds. The van der Waals surface area contributed by atoms with Crippen molar-refractivity contribution >= 4 is 10.0 Å². The van der Waals surface area contributed by atoms with Gasteiger partial charge >= 0.3 is 6.18 Å². The van der Waals surface area contributed by atoms with Gasteiger partial charge in [0, 0.05) is 5.56 Å². The van der Waals surface area contributed by atoms with Gasteiger partial charge in [-0.05, 0) is 29.8 Å². The van der Waals surface area contributed by atoms with Crippen molar-refractivity contribution in [2.45, 2.75) is 11.9 Å². The second-order valence-electron chi connectivity index (χ2n) is 5.05. The molecule has 0 spiro atoms. The molecule has 1 N–H and O–H groups in total. The number of benzene rings is 2. The summed E-state index contributed by atoms with van der Waals surface area (Å²) in [7, 11) is -3.74. The Hall–Kier alpha value is -2.37. The summed E-state index contributed by atoms with van der Waals surface area (Å²) >= 11 is 0. The smallest absolute Gasteiger partial charge is 0.212 e. The summed E-state index contributed by atoms with van der Waals surface area (Å²) in [6, 6.07) is 9.72. The summed E-state index contributed by atoms with van der Waals surface area (Å²) in [5.74, 6) is 3.82. The quantitative estimate of drug-likeness (QED) is 0.662. The average Bonchev–Trinajstić information content (AvgIpc) is 2.53. The first-order valence-electron chi connectivity index (χ1n) is 7.04. The molecule has 132 valence electrons. The predicted octanol–water partition coefficient (Wildman–Crippen LogP) is 3.32. The lowest BCUT2D eigenvalue weighted by Crippen LogP contribution is -2.25. The van der Waals surface area contributed by atoms with Crippen molar-refractivity contribution in [2.24, 2.45) is 0 Å². The molecule has 0 saturated heterocycles. The van der Waals surface area contributed by atoms with E-state index in [-0.39, 0.29) is 17.9 Å². The van der Waals surface area contributed by atoms with E-state index in [0.29, 0.717) is 5.56 Å². The molecule has 0 aromatic heterocycles. The number of hydrogen-bond donors (Lipinski definition) is 1. The number of halogens is 4. The second kappa shape index (κ2) is 7.68. The van der Waals surface area contributed by atoms with Crippen LogP contribution in [-0.2, 0) is 22.0 Å².